The molecule has 4 rings (SSSR count). The highest BCUT2D eigenvalue weighted by atomic mass is 32.2. The molecule has 0 unspecified atom stereocenters. The van der Waals surface area contributed by atoms with Gasteiger partial charge in [0.05, 0.1) is 11.0 Å². The predicted octanol–water partition coefficient (Wildman–Crippen LogP) is 7.70. The summed E-state index contributed by atoms with van der Waals surface area (Å²) in [4.78, 5) is 17.4. The second-order valence-corrected chi connectivity index (χ2v) is 13.5. The van der Waals surface area contributed by atoms with Gasteiger partial charge in [-0.25, -0.2) is 8.42 Å². The summed E-state index contributed by atoms with van der Waals surface area (Å²) in [5.41, 5.74) is -3.81. The summed E-state index contributed by atoms with van der Waals surface area (Å²) in [5, 5.41) is 3.25. The van der Waals surface area contributed by atoms with E-state index in [1.165, 1.54) is 37.8 Å². The van der Waals surface area contributed by atoms with Crippen LogP contribution < -0.4 is 10.1 Å². The molecule has 0 atom stereocenters. The van der Waals surface area contributed by atoms with Crippen LogP contribution in [0.15, 0.2) is 47.5 Å². The number of hydrogen-bond acceptors (Lipinski definition) is 6. The Labute approximate surface area is 254 Å². The Hall–Kier alpha value is -2.82. The lowest BCUT2D eigenvalue weighted by Gasteiger charge is -2.30. The van der Waals surface area contributed by atoms with Crippen LogP contribution in [0.25, 0.3) is 0 Å². The molecule has 1 aromatic carbocycles. The van der Waals surface area contributed by atoms with Gasteiger partial charge in [-0.3, -0.25) is 9.78 Å². The molecule has 1 N–H and O–H groups in total. The van der Waals surface area contributed by atoms with Crippen LogP contribution in [0.1, 0.15) is 90.2 Å². The van der Waals surface area contributed by atoms with Crippen molar-refractivity contribution in [1.82, 2.24) is 9.88 Å². The van der Waals surface area contributed by atoms with Gasteiger partial charge in [-0.15, -0.1) is 0 Å². The van der Waals surface area contributed by atoms with Gasteiger partial charge in [0.1, 0.15) is 5.75 Å². The number of halogens is 3. The molecule has 11 heteroatoms. The Morgan fingerprint density at radius 3 is 2.12 bits per heavy atom. The Kier molecular flexibility index (Phi) is 13.1. The number of aryl methyl sites for hydroxylation is 1. The fraction of sp³-hybridized carbons (Fsp3) is 0.625. The number of sulfone groups is 1. The normalized spacial score (nSPS) is 19.3. The Bertz CT molecular complexity index is 1240. The lowest BCUT2D eigenvalue weighted by atomic mass is 9.92. The van der Waals surface area contributed by atoms with Gasteiger partial charge in [0.2, 0.25) is 5.91 Å². The van der Waals surface area contributed by atoms with Crippen molar-refractivity contribution >= 4 is 21.4 Å². The largest absolute Gasteiger partial charge is 0.501 e. The molecule has 1 aromatic heterocycles. The van der Waals surface area contributed by atoms with Gasteiger partial charge in [0.25, 0.3) is 9.84 Å². The van der Waals surface area contributed by atoms with E-state index in [0.29, 0.717) is 17.5 Å². The van der Waals surface area contributed by atoms with Crippen molar-refractivity contribution in [2.75, 3.05) is 18.4 Å². The summed E-state index contributed by atoms with van der Waals surface area (Å²) in [6, 6.07) is 8.55. The number of nitrogens with one attached hydrogen (secondary N) is 1. The van der Waals surface area contributed by atoms with E-state index in [9.17, 15) is 26.4 Å². The smallest absolute Gasteiger partial charge is 0.490 e. The van der Waals surface area contributed by atoms with Crippen LogP contribution in [0.3, 0.4) is 0 Å². The maximum atomic E-state index is 12.6. The van der Waals surface area contributed by atoms with Crippen LogP contribution in [-0.4, -0.2) is 55.0 Å². The van der Waals surface area contributed by atoms with Crippen molar-refractivity contribution in [3.8, 4) is 5.75 Å². The first kappa shape index (κ1) is 34.7. The number of aromatic nitrogens is 1. The highest BCUT2D eigenvalue weighted by Crippen LogP contribution is 2.32. The summed E-state index contributed by atoms with van der Waals surface area (Å²) in [7, 11) is -5.32. The maximum absolute atomic E-state index is 12.6. The van der Waals surface area contributed by atoms with E-state index in [0.717, 1.165) is 81.6 Å². The molecular formula is C32H46F3N3O4S. The van der Waals surface area contributed by atoms with Gasteiger partial charge in [-0.05, 0) is 94.5 Å². The van der Waals surface area contributed by atoms with E-state index in [1.54, 1.807) is 6.20 Å². The standard InChI is InChI=1S/C19H21F3N2O3S.C13H25NO/c1-13-12-17(10-11-23-13)27-16-6-2-14(3-7-16)24-15-4-8-18(9-5-15)28(25,26)19(20,21)22;1-3-9-14(10-4-2)13(15)11-12-7-5-6-8-12/h4-5,8-12,14,16,24H,2-3,6-7H2,1H3;12H,3-11H2,1-2H3. The number of carbonyl (C=O) groups excluding carboxylic acids is 1. The Morgan fingerprint density at radius 1 is 0.977 bits per heavy atom. The monoisotopic (exact) mass is 625 g/mol. The maximum Gasteiger partial charge on any atom is 0.501 e. The Morgan fingerprint density at radius 2 is 1.58 bits per heavy atom. The highest BCUT2D eigenvalue weighted by molar-refractivity contribution is 7.92. The van der Waals surface area contributed by atoms with Crippen molar-refractivity contribution in [2.24, 2.45) is 5.92 Å². The predicted molar refractivity (Wildman–Crippen MR) is 163 cm³/mol. The first-order chi connectivity index (χ1) is 20.4. The number of rotatable bonds is 11. The minimum Gasteiger partial charge on any atom is -0.490 e. The second-order valence-electron chi connectivity index (χ2n) is 11.6. The molecular weight excluding hydrogens is 579 g/mol. The van der Waals surface area contributed by atoms with Crippen molar-refractivity contribution in [2.45, 2.75) is 114 Å². The average Bonchev–Trinajstić information content (AvgIpc) is 3.47. The molecule has 1 heterocycles. The molecule has 7 nitrogen and oxygen atoms in total. The number of ether oxygens (including phenoxy) is 1. The lowest BCUT2D eigenvalue weighted by molar-refractivity contribution is -0.132. The van der Waals surface area contributed by atoms with Crippen molar-refractivity contribution in [3.63, 3.8) is 0 Å². The van der Waals surface area contributed by atoms with Crippen LogP contribution >= 0.6 is 0 Å². The average molecular weight is 626 g/mol. The number of pyridine rings is 1. The summed E-state index contributed by atoms with van der Waals surface area (Å²) in [6.45, 7) is 8.08. The molecule has 0 bridgehead atoms. The van der Waals surface area contributed by atoms with Crippen molar-refractivity contribution < 1.29 is 31.1 Å². The van der Waals surface area contributed by atoms with Crippen molar-refractivity contribution in [1.29, 1.82) is 0 Å². The molecule has 2 aromatic rings. The van der Waals surface area contributed by atoms with Gasteiger partial charge in [0.15, 0.2) is 0 Å². The summed E-state index contributed by atoms with van der Waals surface area (Å²) < 4.78 is 66.5. The van der Waals surface area contributed by atoms with E-state index in [1.807, 2.05) is 19.1 Å². The second kappa shape index (κ2) is 16.3. The molecule has 43 heavy (non-hydrogen) atoms. The summed E-state index contributed by atoms with van der Waals surface area (Å²) in [5.74, 6) is 1.88. The molecule has 2 fully saturated rings. The third-order valence-electron chi connectivity index (χ3n) is 7.96. The van der Waals surface area contributed by atoms with E-state index in [-0.39, 0.29) is 12.1 Å². The summed E-state index contributed by atoms with van der Waals surface area (Å²) >= 11 is 0. The third kappa shape index (κ3) is 10.7. The minimum absolute atomic E-state index is 0.110. The zero-order valence-corrected chi connectivity index (χ0v) is 26.4. The van der Waals surface area contributed by atoms with Gasteiger partial charge in [0, 0.05) is 49.2 Å². The van der Waals surface area contributed by atoms with Crippen LogP contribution in [0.4, 0.5) is 18.9 Å². The number of amides is 1. The molecule has 0 spiro atoms. The SMILES string of the molecule is CCCN(CCC)C(=O)CC1CCCC1.Cc1cc(OC2CCC(Nc3ccc(S(=O)(=O)C(F)(F)F)cc3)CC2)ccn1. The fourth-order valence-corrected chi connectivity index (χ4v) is 6.46. The first-order valence-electron chi connectivity index (χ1n) is 15.5. The zero-order valence-electron chi connectivity index (χ0n) is 25.5. The van der Waals surface area contributed by atoms with Crippen molar-refractivity contribution in [3.05, 3.63) is 48.3 Å². The topological polar surface area (TPSA) is 88.6 Å². The van der Waals surface area contributed by atoms with E-state index in [2.05, 4.69) is 29.0 Å². The quantitative estimate of drug-likeness (QED) is 0.275. The van der Waals surface area contributed by atoms with E-state index < -0.39 is 20.2 Å². The third-order valence-corrected chi connectivity index (χ3v) is 9.47. The van der Waals surface area contributed by atoms with E-state index in [4.69, 9.17) is 4.74 Å². The molecule has 240 valence electrons. The van der Waals surface area contributed by atoms with Crippen LogP contribution in [0.2, 0.25) is 0 Å². The molecule has 0 saturated heterocycles. The summed E-state index contributed by atoms with van der Waals surface area (Å²) in [6.07, 6.45) is 13.4. The zero-order chi connectivity index (χ0) is 31.5. The number of alkyl halides is 3. The number of hydrogen-bond donors (Lipinski definition) is 1. The molecule has 2 aliphatic carbocycles. The van der Waals surface area contributed by atoms with Crippen LogP contribution in [0, 0.1) is 12.8 Å². The lowest BCUT2D eigenvalue weighted by Crippen LogP contribution is -2.33. The van der Waals surface area contributed by atoms with Gasteiger partial charge < -0.3 is 15.0 Å². The number of benzene rings is 1. The molecule has 1 amide bonds. The van der Waals surface area contributed by atoms with Crippen LogP contribution in [0.5, 0.6) is 5.75 Å². The highest BCUT2D eigenvalue weighted by Gasteiger charge is 2.46. The molecule has 2 saturated carbocycles. The van der Waals surface area contributed by atoms with Gasteiger partial charge in [-0.2, -0.15) is 13.2 Å². The number of carbonyl (C=O) groups is 1. The fourth-order valence-electron chi connectivity index (χ4n) is 5.70. The minimum atomic E-state index is -5.32. The van der Waals surface area contributed by atoms with Gasteiger partial charge >= 0.3 is 5.51 Å². The Balaban J connectivity index is 0.000000285. The van der Waals surface area contributed by atoms with Gasteiger partial charge in [-0.1, -0.05) is 26.7 Å². The molecule has 0 radical (unpaired) electrons. The molecule has 2 aliphatic rings. The first-order valence-corrected chi connectivity index (χ1v) is 17.0. The number of anilines is 1. The van der Waals surface area contributed by atoms with E-state index >= 15 is 0 Å². The number of nitrogens with zero attached hydrogens (tertiary/aromatic N) is 2. The molecule has 0 aliphatic heterocycles. The van der Waals surface area contributed by atoms with Crippen LogP contribution in [-0.2, 0) is 14.6 Å².